The molecule has 0 N–H and O–H groups in total. The number of hydrogen-bond acceptors (Lipinski definition) is 5. The summed E-state index contributed by atoms with van der Waals surface area (Å²) in [6, 6.07) is 1.14. The molecule has 1 amide bonds. The van der Waals surface area contributed by atoms with Gasteiger partial charge < -0.3 is 4.90 Å². The summed E-state index contributed by atoms with van der Waals surface area (Å²) in [7, 11) is -5.07. The first-order valence-corrected chi connectivity index (χ1v) is 6.94. The largest absolute Gasteiger partial charge is 0.307 e. The van der Waals surface area contributed by atoms with Crippen molar-refractivity contribution in [2.45, 2.75) is 11.7 Å². The summed E-state index contributed by atoms with van der Waals surface area (Å²) < 4.78 is 61.9. The van der Waals surface area contributed by atoms with E-state index < -0.39 is 62.3 Å². The second-order valence-electron chi connectivity index (χ2n) is 4.29. The fourth-order valence-corrected chi connectivity index (χ4v) is 2.67. The first kappa shape index (κ1) is 15.2. The number of nitro benzene ring substituents is 1. The zero-order valence-electron chi connectivity index (χ0n) is 10.1. The van der Waals surface area contributed by atoms with Crippen LogP contribution in [0.5, 0.6) is 0 Å². The number of halogens is 3. The molecule has 1 fully saturated rings. The van der Waals surface area contributed by atoms with Gasteiger partial charge in [0, 0.05) is 19.0 Å². The van der Waals surface area contributed by atoms with Crippen molar-refractivity contribution in [3.05, 3.63) is 33.9 Å². The van der Waals surface area contributed by atoms with Crippen LogP contribution < -0.4 is 4.90 Å². The number of amides is 1. The third-order valence-electron chi connectivity index (χ3n) is 3.00. The van der Waals surface area contributed by atoms with E-state index in [9.17, 15) is 36.0 Å². The number of carbonyl (C=O) groups excluding carboxylic acids is 1. The molecule has 0 aromatic heterocycles. The summed E-state index contributed by atoms with van der Waals surface area (Å²) in [6.07, 6.45) is -0.791. The van der Waals surface area contributed by atoms with E-state index in [1.54, 1.807) is 0 Å². The van der Waals surface area contributed by atoms with E-state index in [1.807, 2.05) is 0 Å². The van der Waals surface area contributed by atoms with E-state index >= 15 is 0 Å². The van der Waals surface area contributed by atoms with Crippen molar-refractivity contribution in [3.8, 4) is 0 Å². The van der Waals surface area contributed by atoms with Gasteiger partial charge in [-0.2, -0.15) is 12.8 Å². The molecule has 11 heteroatoms. The highest BCUT2D eigenvalue weighted by Crippen LogP contribution is 2.34. The van der Waals surface area contributed by atoms with Gasteiger partial charge >= 0.3 is 15.9 Å². The number of nitrogens with zero attached hydrogens (tertiary/aromatic N) is 2. The lowest BCUT2D eigenvalue weighted by molar-refractivity contribution is -0.387. The number of carbonyl (C=O) groups is 1. The van der Waals surface area contributed by atoms with Gasteiger partial charge in [0.1, 0.15) is 16.8 Å². The fourth-order valence-electron chi connectivity index (χ4n) is 2.00. The molecule has 1 unspecified atom stereocenters. The number of hydrogen-bond donors (Lipinski definition) is 0. The monoisotopic (exact) mass is 324 g/mol. The molecule has 1 heterocycles. The molecule has 1 atom stereocenters. The summed E-state index contributed by atoms with van der Waals surface area (Å²) >= 11 is 0. The van der Waals surface area contributed by atoms with Crippen LogP contribution in [0.25, 0.3) is 0 Å². The van der Waals surface area contributed by atoms with Crippen molar-refractivity contribution in [2.24, 2.45) is 0 Å². The molecule has 0 bridgehead atoms. The summed E-state index contributed by atoms with van der Waals surface area (Å²) in [5.41, 5.74) is -2.13. The zero-order valence-corrected chi connectivity index (χ0v) is 10.9. The first-order valence-electron chi connectivity index (χ1n) is 5.49. The van der Waals surface area contributed by atoms with E-state index in [0.29, 0.717) is 17.0 Å². The Morgan fingerprint density at radius 2 is 1.95 bits per heavy atom. The van der Waals surface area contributed by atoms with Crippen LogP contribution in [0.2, 0.25) is 0 Å². The lowest BCUT2D eigenvalue weighted by Gasteiger charge is -2.17. The minimum absolute atomic E-state index is 0.361. The highest BCUT2D eigenvalue weighted by atomic mass is 32.3. The van der Waals surface area contributed by atoms with Crippen LogP contribution in [0.15, 0.2) is 12.1 Å². The van der Waals surface area contributed by atoms with E-state index in [0.717, 1.165) is 0 Å². The smallest absolute Gasteiger partial charge is 0.306 e. The Hall–Kier alpha value is -2.17. The second-order valence-corrected chi connectivity index (χ2v) is 5.91. The predicted octanol–water partition coefficient (Wildman–Crippen LogP) is 1.28. The Kier molecular flexibility index (Phi) is 3.61. The third-order valence-corrected chi connectivity index (χ3v) is 4.11. The van der Waals surface area contributed by atoms with Crippen LogP contribution in [-0.4, -0.2) is 31.0 Å². The Bertz CT molecular complexity index is 736. The highest BCUT2D eigenvalue weighted by Gasteiger charge is 2.42. The zero-order chi connectivity index (χ0) is 15.9. The molecule has 114 valence electrons. The van der Waals surface area contributed by atoms with Crippen LogP contribution in [0, 0.1) is 21.7 Å². The molecule has 1 aromatic carbocycles. The van der Waals surface area contributed by atoms with E-state index in [4.69, 9.17) is 0 Å². The SMILES string of the molecule is O=C1CC(S(=O)(=O)F)CN1c1c(F)ccc([N+](=O)[O-])c1F. The minimum atomic E-state index is -5.07. The van der Waals surface area contributed by atoms with Crippen molar-refractivity contribution in [1.82, 2.24) is 0 Å². The number of rotatable bonds is 3. The Morgan fingerprint density at radius 3 is 2.43 bits per heavy atom. The quantitative estimate of drug-likeness (QED) is 0.474. The third kappa shape index (κ3) is 2.68. The van der Waals surface area contributed by atoms with Crippen LogP contribution in [0.1, 0.15) is 6.42 Å². The maximum Gasteiger partial charge on any atom is 0.307 e. The molecular weight excluding hydrogens is 317 g/mol. The van der Waals surface area contributed by atoms with Gasteiger partial charge in [-0.05, 0) is 6.07 Å². The van der Waals surface area contributed by atoms with Crippen molar-refractivity contribution in [1.29, 1.82) is 0 Å². The summed E-state index contributed by atoms with van der Waals surface area (Å²) in [5, 5.41) is 8.83. The second kappa shape index (κ2) is 4.98. The molecule has 1 aromatic rings. The summed E-state index contributed by atoms with van der Waals surface area (Å²) in [4.78, 5) is 21.4. The molecule has 1 aliphatic rings. The average molecular weight is 324 g/mol. The van der Waals surface area contributed by atoms with Crippen LogP contribution in [0.3, 0.4) is 0 Å². The van der Waals surface area contributed by atoms with Gasteiger partial charge in [0.25, 0.3) is 0 Å². The number of benzene rings is 1. The van der Waals surface area contributed by atoms with Gasteiger partial charge in [-0.1, -0.05) is 0 Å². The summed E-state index contributed by atoms with van der Waals surface area (Å²) in [6.45, 7) is -0.813. The molecule has 0 aliphatic carbocycles. The van der Waals surface area contributed by atoms with Gasteiger partial charge in [0.15, 0.2) is 0 Å². The lowest BCUT2D eigenvalue weighted by atomic mass is 10.2. The maximum atomic E-state index is 13.9. The van der Waals surface area contributed by atoms with Crippen LogP contribution in [0.4, 0.5) is 24.0 Å². The Morgan fingerprint density at radius 1 is 1.33 bits per heavy atom. The van der Waals surface area contributed by atoms with Gasteiger partial charge in [-0.15, -0.1) is 3.89 Å². The van der Waals surface area contributed by atoms with Crippen molar-refractivity contribution in [3.63, 3.8) is 0 Å². The van der Waals surface area contributed by atoms with Gasteiger partial charge in [-0.25, -0.2) is 4.39 Å². The molecule has 0 spiro atoms. The molecule has 0 saturated carbocycles. The van der Waals surface area contributed by atoms with Crippen molar-refractivity contribution in [2.75, 3.05) is 11.4 Å². The van der Waals surface area contributed by atoms with Gasteiger partial charge in [0.05, 0.1) is 4.92 Å². The molecule has 0 radical (unpaired) electrons. The molecule has 1 saturated heterocycles. The number of anilines is 1. The van der Waals surface area contributed by atoms with E-state index in [-0.39, 0.29) is 0 Å². The van der Waals surface area contributed by atoms with Gasteiger partial charge in [-0.3, -0.25) is 14.9 Å². The highest BCUT2D eigenvalue weighted by molar-refractivity contribution is 7.87. The van der Waals surface area contributed by atoms with E-state index in [1.165, 1.54) is 0 Å². The fraction of sp³-hybridized carbons (Fsp3) is 0.300. The number of nitro groups is 1. The maximum absolute atomic E-state index is 13.9. The minimum Gasteiger partial charge on any atom is -0.306 e. The van der Waals surface area contributed by atoms with Crippen LogP contribution in [-0.2, 0) is 15.0 Å². The molecule has 1 aliphatic heterocycles. The Labute approximate surface area is 116 Å². The van der Waals surface area contributed by atoms with Crippen LogP contribution >= 0.6 is 0 Å². The predicted molar refractivity (Wildman–Crippen MR) is 63.8 cm³/mol. The molecule has 7 nitrogen and oxygen atoms in total. The van der Waals surface area contributed by atoms with Crippen molar-refractivity contribution < 1.29 is 30.8 Å². The molecule has 2 rings (SSSR count). The van der Waals surface area contributed by atoms with E-state index in [2.05, 4.69) is 0 Å². The Balaban J connectivity index is 2.50. The topological polar surface area (TPSA) is 97.6 Å². The molecule has 21 heavy (non-hydrogen) atoms. The lowest BCUT2D eigenvalue weighted by Crippen LogP contribution is -2.29. The summed E-state index contributed by atoms with van der Waals surface area (Å²) in [5.74, 6) is -3.95. The normalized spacial score (nSPS) is 19.1. The standard InChI is InChI=1S/C10H7F3N2O5S/c11-6-1-2-7(15(17)18)9(12)10(6)14-4-5(3-8(14)16)21(13,19)20/h1-2,5H,3-4H2. The van der Waals surface area contributed by atoms with Gasteiger partial charge in [0.2, 0.25) is 11.7 Å². The first-order chi connectivity index (χ1) is 9.62. The molecular formula is C10H7F3N2O5S. The average Bonchev–Trinajstić information content (AvgIpc) is 2.71. The van der Waals surface area contributed by atoms with Crippen molar-refractivity contribution >= 4 is 27.5 Å².